The van der Waals surface area contributed by atoms with Crippen molar-refractivity contribution in [2.24, 2.45) is 0 Å². The molecule has 0 atom stereocenters. The first-order chi connectivity index (χ1) is 15.7. The maximum atomic E-state index is 12.8. The molecule has 1 saturated heterocycles. The van der Waals surface area contributed by atoms with Gasteiger partial charge in [-0.3, -0.25) is 23.0 Å². The van der Waals surface area contributed by atoms with Gasteiger partial charge in [-0.05, 0) is 36.4 Å². The number of ether oxygens (including phenoxy) is 1. The Hall–Kier alpha value is -2.38. The lowest BCUT2D eigenvalue weighted by Gasteiger charge is -2.46. The van der Waals surface area contributed by atoms with Gasteiger partial charge < -0.3 is 15.4 Å². The van der Waals surface area contributed by atoms with Crippen molar-refractivity contribution in [3.05, 3.63) is 68.6 Å². The van der Waals surface area contributed by atoms with E-state index in [1.807, 2.05) is 0 Å². The average molecular weight is 529 g/mol. The van der Waals surface area contributed by atoms with Crippen LogP contribution in [0.15, 0.2) is 48.0 Å². The number of amides is 2. The standard InChI is InChI=1S/C20H18Cl2N4O5S2/c21-15-4-1-12(9-17(15)25-19(28)20-23-5-8-32-20)24-18(27)14-3-2-13(10-16(14)22)26-6-7-31-11-33(26,29)30/h1-5,8-10,29-30H,6-7,11H2,(H,24,27)(H,25,28). The van der Waals surface area contributed by atoms with Crippen LogP contribution in [0.3, 0.4) is 0 Å². The summed E-state index contributed by atoms with van der Waals surface area (Å²) in [6.45, 7) is 0.623. The highest BCUT2D eigenvalue weighted by atomic mass is 35.5. The second-order valence-corrected chi connectivity index (χ2v) is 10.5. The lowest BCUT2D eigenvalue weighted by Crippen LogP contribution is -2.38. The normalized spacial score (nSPS) is 16.2. The molecule has 9 nitrogen and oxygen atoms in total. The van der Waals surface area contributed by atoms with Gasteiger partial charge in [0.15, 0.2) is 10.9 Å². The molecule has 0 aliphatic carbocycles. The van der Waals surface area contributed by atoms with Gasteiger partial charge in [0, 0.05) is 17.3 Å². The van der Waals surface area contributed by atoms with E-state index in [4.69, 9.17) is 27.9 Å². The predicted octanol–water partition coefficient (Wildman–Crippen LogP) is 5.41. The molecule has 2 heterocycles. The van der Waals surface area contributed by atoms with Crippen LogP contribution in [0.5, 0.6) is 0 Å². The van der Waals surface area contributed by atoms with Crippen molar-refractivity contribution in [3.8, 4) is 0 Å². The van der Waals surface area contributed by atoms with Gasteiger partial charge in [0.1, 0.15) is 0 Å². The van der Waals surface area contributed by atoms with Crippen LogP contribution < -0.4 is 14.9 Å². The van der Waals surface area contributed by atoms with Crippen LogP contribution in [0.1, 0.15) is 20.2 Å². The highest BCUT2D eigenvalue weighted by Crippen LogP contribution is 2.48. The van der Waals surface area contributed by atoms with Crippen LogP contribution >= 0.6 is 45.3 Å². The van der Waals surface area contributed by atoms with E-state index in [2.05, 4.69) is 15.6 Å². The van der Waals surface area contributed by atoms with Crippen molar-refractivity contribution < 1.29 is 23.4 Å². The largest absolute Gasteiger partial charge is 0.357 e. The van der Waals surface area contributed by atoms with E-state index in [1.54, 1.807) is 23.6 Å². The molecular weight excluding hydrogens is 511 g/mol. The Kier molecular flexibility index (Phi) is 7.10. The molecule has 1 aliphatic rings. The van der Waals surface area contributed by atoms with Crippen molar-refractivity contribution in [3.63, 3.8) is 0 Å². The Balaban J connectivity index is 1.49. The Morgan fingerprint density at radius 2 is 1.91 bits per heavy atom. The second-order valence-electron chi connectivity index (χ2n) is 6.86. The maximum Gasteiger partial charge on any atom is 0.284 e. The molecule has 33 heavy (non-hydrogen) atoms. The van der Waals surface area contributed by atoms with Gasteiger partial charge in [0.25, 0.3) is 11.8 Å². The van der Waals surface area contributed by atoms with E-state index in [9.17, 15) is 18.7 Å². The number of nitrogens with one attached hydrogen (secondary N) is 2. The zero-order valence-electron chi connectivity index (χ0n) is 16.8. The Morgan fingerprint density at radius 1 is 1.09 bits per heavy atom. The molecule has 13 heteroatoms. The monoisotopic (exact) mass is 528 g/mol. The van der Waals surface area contributed by atoms with E-state index >= 15 is 0 Å². The van der Waals surface area contributed by atoms with E-state index in [0.29, 0.717) is 28.7 Å². The molecule has 0 bridgehead atoms. The first-order valence-electron chi connectivity index (χ1n) is 9.47. The van der Waals surface area contributed by atoms with Gasteiger partial charge >= 0.3 is 0 Å². The first-order valence-corrected chi connectivity index (χ1v) is 12.8. The molecule has 174 valence electrons. The molecule has 0 saturated carbocycles. The minimum atomic E-state index is -3.11. The first kappa shape index (κ1) is 23.8. The smallest absolute Gasteiger partial charge is 0.284 e. The molecule has 0 spiro atoms. The maximum absolute atomic E-state index is 12.8. The summed E-state index contributed by atoms with van der Waals surface area (Å²) < 4.78 is 26.9. The fourth-order valence-corrected chi connectivity index (χ4v) is 5.32. The van der Waals surface area contributed by atoms with Crippen LogP contribution in [0.25, 0.3) is 0 Å². The summed E-state index contributed by atoms with van der Waals surface area (Å²) in [7, 11) is -3.11. The van der Waals surface area contributed by atoms with Crippen molar-refractivity contribution in [1.82, 2.24) is 4.98 Å². The SMILES string of the molecule is O=C(Nc1cc(NC(=O)c2ccc(N3CCOCS3(O)O)cc2Cl)ccc1Cl)c1nccs1. The van der Waals surface area contributed by atoms with Crippen molar-refractivity contribution in [1.29, 1.82) is 0 Å². The summed E-state index contributed by atoms with van der Waals surface area (Å²) in [6.07, 6.45) is 1.52. The van der Waals surface area contributed by atoms with Gasteiger partial charge in [-0.15, -0.1) is 11.3 Å². The van der Waals surface area contributed by atoms with Crippen LogP contribution in [-0.2, 0) is 4.74 Å². The topological polar surface area (TPSA) is 124 Å². The van der Waals surface area contributed by atoms with Crippen molar-refractivity contribution in [2.75, 3.05) is 34.0 Å². The fraction of sp³-hybridized carbons (Fsp3) is 0.150. The molecular formula is C20H18Cl2N4O5S2. The van der Waals surface area contributed by atoms with Gasteiger partial charge in [-0.25, -0.2) is 4.98 Å². The molecule has 4 rings (SSSR count). The number of hydrogen-bond acceptors (Lipinski definition) is 8. The van der Waals surface area contributed by atoms with Crippen LogP contribution in [0.4, 0.5) is 17.1 Å². The molecule has 4 N–H and O–H groups in total. The Bertz CT molecular complexity index is 1190. The Labute approximate surface area is 204 Å². The number of aromatic nitrogens is 1. The number of carbonyl (C=O) groups is 2. The minimum Gasteiger partial charge on any atom is -0.357 e. The number of hydrogen-bond donors (Lipinski definition) is 4. The number of halogens is 2. The molecule has 0 unspecified atom stereocenters. The molecule has 2 amide bonds. The van der Waals surface area contributed by atoms with E-state index in [-0.39, 0.29) is 28.1 Å². The summed E-state index contributed by atoms with van der Waals surface area (Å²) in [6, 6.07) is 9.24. The third kappa shape index (κ3) is 5.41. The highest BCUT2D eigenvalue weighted by molar-refractivity contribution is 8.25. The summed E-state index contributed by atoms with van der Waals surface area (Å²) in [5, 5.41) is 7.78. The molecule has 1 fully saturated rings. The molecule has 1 aromatic heterocycles. The van der Waals surface area contributed by atoms with Crippen LogP contribution in [0, 0.1) is 0 Å². The zero-order chi connectivity index (χ0) is 23.6. The molecule has 1 aliphatic heterocycles. The third-order valence-electron chi connectivity index (χ3n) is 4.62. The highest BCUT2D eigenvalue weighted by Gasteiger charge is 2.28. The van der Waals surface area contributed by atoms with Crippen molar-refractivity contribution >= 4 is 74.2 Å². The van der Waals surface area contributed by atoms with Crippen LogP contribution in [0.2, 0.25) is 10.0 Å². The van der Waals surface area contributed by atoms with Crippen LogP contribution in [-0.4, -0.2) is 45.0 Å². The van der Waals surface area contributed by atoms with Gasteiger partial charge in [0.2, 0.25) is 0 Å². The van der Waals surface area contributed by atoms with Crippen molar-refractivity contribution in [2.45, 2.75) is 0 Å². The Morgan fingerprint density at radius 3 is 2.61 bits per heavy atom. The number of thiazole rings is 1. The number of rotatable bonds is 5. The lowest BCUT2D eigenvalue weighted by molar-refractivity contribution is 0.101. The van der Waals surface area contributed by atoms with E-state index in [1.165, 1.54) is 40.0 Å². The summed E-state index contributed by atoms with van der Waals surface area (Å²) in [5.74, 6) is -1.09. The second kappa shape index (κ2) is 9.85. The number of anilines is 3. The fourth-order valence-electron chi connectivity index (χ4n) is 3.08. The van der Waals surface area contributed by atoms with Gasteiger partial charge in [-0.1, -0.05) is 34.0 Å². The predicted molar refractivity (Wildman–Crippen MR) is 132 cm³/mol. The molecule has 2 aromatic carbocycles. The van der Waals surface area contributed by atoms with E-state index < -0.39 is 22.6 Å². The summed E-state index contributed by atoms with van der Waals surface area (Å²) in [5.41, 5.74) is 1.36. The van der Waals surface area contributed by atoms with Gasteiger partial charge in [0.05, 0.1) is 40.1 Å². The number of carbonyl (C=O) groups excluding carboxylic acids is 2. The molecule has 3 aromatic rings. The van der Waals surface area contributed by atoms with E-state index in [0.717, 1.165) is 0 Å². The third-order valence-corrected chi connectivity index (χ3v) is 7.61. The number of nitrogens with zero attached hydrogens (tertiary/aromatic N) is 2. The minimum absolute atomic E-state index is 0.137. The zero-order valence-corrected chi connectivity index (χ0v) is 20.0. The average Bonchev–Trinajstić information content (AvgIpc) is 3.31. The molecule has 0 radical (unpaired) electrons. The summed E-state index contributed by atoms with van der Waals surface area (Å²) >= 11 is 13.7. The number of benzene rings is 2. The van der Waals surface area contributed by atoms with Gasteiger partial charge in [-0.2, -0.15) is 0 Å². The summed E-state index contributed by atoms with van der Waals surface area (Å²) in [4.78, 5) is 29.0. The quantitative estimate of drug-likeness (QED) is 0.348. The lowest BCUT2D eigenvalue weighted by atomic mass is 10.1.